The topological polar surface area (TPSA) is 82.9 Å². The smallest absolute Gasteiger partial charge is 0.268 e. The summed E-state index contributed by atoms with van der Waals surface area (Å²) in [4.78, 5) is 5.59. The van der Waals surface area contributed by atoms with Crippen LogP contribution in [0.2, 0.25) is 0 Å². The molecule has 0 bridgehead atoms. The number of phenols is 1. The van der Waals surface area contributed by atoms with Gasteiger partial charge in [-0.05, 0) is 24.3 Å². The average molecular weight is 269 g/mol. The molecule has 2 heterocycles. The van der Waals surface area contributed by atoms with E-state index in [1.54, 1.807) is 36.4 Å². The highest BCUT2D eigenvalue weighted by molar-refractivity contribution is 7.15. The van der Waals surface area contributed by atoms with Crippen molar-refractivity contribution in [2.45, 2.75) is 0 Å². The van der Waals surface area contributed by atoms with E-state index >= 15 is 0 Å². The number of nitrogens with zero attached hydrogens (tertiary/aromatic N) is 3. The maximum absolute atomic E-state index is 9.41. The SMILES string of the molecule is N#Cc1ccc(-c2nc(-c3cccc(O)c3)no2)s1. The third-order valence-electron chi connectivity index (χ3n) is 2.46. The molecule has 6 heteroatoms. The zero-order chi connectivity index (χ0) is 13.2. The van der Waals surface area contributed by atoms with Gasteiger partial charge in [0.05, 0.1) is 4.88 Å². The Morgan fingerprint density at radius 1 is 1.26 bits per heavy atom. The maximum atomic E-state index is 9.41. The summed E-state index contributed by atoms with van der Waals surface area (Å²) in [5.41, 5.74) is 0.673. The van der Waals surface area contributed by atoms with Crippen molar-refractivity contribution in [3.8, 4) is 34.0 Å². The molecule has 2 aromatic heterocycles. The van der Waals surface area contributed by atoms with Crippen LogP contribution in [0.3, 0.4) is 0 Å². The third-order valence-corrected chi connectivity index (χ3v) is 3.44. The molecule has 19 heavy (non-hydrogen) atoms. The van der Waals surface area contributed by atoms with Gasteiger partial charge >= 0.3 is 0 Å². The Labute approximate surface area is 112 Å². The van der Waals surface area contributed by atoms with Crippen molar-refractivity contribution in [2.24, 2.45) is 0 Å². The van der Waals surface area contributed by atoms with E-state index in [0.29, 0.717) is 22.2 Å². The monoisotopic (exact) mass is 269 g/mol. The van der Waals surface area contributed by atoms with Gasteiger partial charge in [0, 0.05) is 5.56 Å². The fourth-order valence-corrected chi connectivity index (χ4v) is 2.32. The molecular weight excluding hydrogens is 262 g/mol. The van der Waals surface area contributed by atoms with Gasteiger partial charge < -0.3 is 9.63 Å². The van der Waals surface area contributed by atoms with E-state index in [1.165, 1.54) is 11.3 Å². The van der Waals surface area contributed by atoms with Gasteiger partial charge in [0.15, 0.2) is 0 Å². The van der Waals surface area contributed by atoms with Crippen molar-refractivity contribution < 1.29 is 9.63 Å². The third kappa shape index (κ3) is 2.19. The summed E-state index contributed by atoms with van der Waals surface area (Å²) in [5, 5.41) is 22.1. The minimum absolute atomic E-state index is 0.145. The van der Waals surface area contributed by atoms with Crippen molar-refractivity contribution in [1.29, 1.82) is 5.26 Å². The lowest BCUT2D eigenvalue weighted by atomic mass is 10.2. The Hall–Kier alpha value is -2.65. The summed E-state index contributed by atoms with van der Waals surface area (Å²) in [5.74, 6) is 0.911. The Morgan fingerprint density at radius 3 is 2.89 bits per heavy atom. The Bertz CT molecular complexity index is 770. The Morgan fingerprint density at radius 2 is 2.16 bits per heavy atom. The summed E-state index contributed by atoms with van der Waals surface area (Å²) in [7, 11) is 0. The fraction of sp³-hybridized carbons (Fsp3) is 0. The lowest BCUT2D eigenvalue weighted by molar-refractivity contribution is 0.433. The number of aromatic nitrogens is 2. The Kier molecular flexibility index (Phi) is 2.74. The van der Waals surface area contributed by atoms with Crippen molar-refractivity contribution >= 4 is 11.3 Å². The van der Waals surface area contributed by atoms with Crippen molar-refractivity contribution in [3.63, 3.8) is 0 Å². The molecule has 0 atom stereocenters. The molecule has 92 valence electrons. The van der Waals surface area contributed by atoms with E-state index in [2.05, 4.69) is 16.2 Å². The first kappa shape index (κ1) is 11.4. The van der Waals surface area contributed by atoms with Gasteiger partial charge in [-0.2, -0.15) is 10.2 Å². The van der Waals surface area contributed by atoms with E-state index in [4.69, 9.17) is 9.78 Å². The van der Waals surface area contributed by atoms with Crippen LogP contribution in [-0.4, -0.2) is 15.2 Å². The van der Waals surface area contributed by atoms with Gasteiger partial charge in [-0.15, -0.1) is 11.3 Å². The molecule has 0 aliphatic rings. The van der Waals surface area contributed by atoms with Crippen molar-refractivity contribution in [2.75, 3.05) is 0 Å². The summed E-state index contributed by atoms with van der Waals surface area (Å²) in [6.07, 6.45) is 0. The average Bonchev–Trinajstić information content (AvgIpc) is 3.07. The lowest BCUT2D eigenvalue weighted by Crippen LogP contribution is -1.79. The van der Waals surface area contributed by atoms with Crippen LogP contribution in [0.1, 0.15) is 4.88 Å². The van der Waals surface area contributed by atoms with Gasteiger partial charge in [-0.1, -0.05) is 17.3 Å². The molecule has 0 amide bonds. The minimum Gasteiger partial charge on any atom is -0.508 e. The molecular formula is C13H7N3O2S. The second-order valence-corrected chi connectivity index (χ2v) is 4.83. The zero-order valence-electron chi connectivity index (χ0n) is 9.57. The molecule has 1 aromatic carbocycles. The van der Waals surface area contributed by atoms with Crippen LogP contribution in [0.15, 0.2) is 40.9 Å². The van der Waals surface area contributed by atoms with Crippen LogP contribution in [0.5, 0.6) is 5.75 Å². The van der Waals surface area contributed by atoms with Crippen LogP contribution in [0.25, 0.3) is 22.2 Å². The predicted molar refractivity (Wildman–Crippen MR) is 69.4 cm³/mol. The van der Waals surface area contributed by atoms with Crippen LogP contribution in [0.4, 0.5) is 0 Å². The predicted octanol–water partition coefficient (Wildman–Crippen LogP) is 3.04. The van der Waals surface area contributed by atoms with E-state index in [1.807, 2.05) is 0 Å². The van der Waals surface area contributed by atoms with Gasteiger partial charge in [0.25, 0.3) is 5.89 Å². The van der Waals surface area contributed by atoms with Crippen LogP contribution >= 0.6 is 11.3 Å². The van der Waals surface area contributed by atoms with E-state index in [-0.39, 0.29) is 5.75 Å². The molecule has 0 unspecified atom stereocenters. The van der Waals surface area contributed by atoms with E-state index in [0.717, 1.165) is 4.88 Å². The molecule has 3 aromatic rings. The van der Waals surface area contributed by atoms with Crippen molar-refractivity contribution in [1.82, 2.24) is 10.1 Å². The van der Waals surface area contributed by atoms with E-state index < -0.39 is 0 Å². The summed E-state index contributed by atoms with van der Waals surface area (Å²) in [6.45, 7) is 0. The summed E-state index contributed by atoms with van der Waals surface area (Å²) >= 11 is 1.29. The highest BCUT2D eigenvalue weighted by Crippen LogP contribution is 2.28. The van der Waals surface area contributed by atoms with Crippen LogP contribution in [0, 0.1) is 11.3 Å². The quantitative estimate of drug-likeness (QED) is 0.773. The van der Waals surface area contributed by atoms with Gasteiger partial charge in [-0.25, -0.2) is 0 Å². The number of aromatic hydroxyl groups is 1. The first-order valence-electron chi connectivity index (χ1n) is 5.40. The number of rotatable bonds is 2. The zero-order valence-corrected chi connectivity index (χ0v) is 10.4. The maximum Gasteiger partial charge on any atom is 0.268 e. The van der Waals surface area contributed by atoms with Gasteiger partial charge in [0.2, 0.25) is 5.82 Å². The minimum atomic E-state index is 0.145. The first-order chi connectivity index (χ1) is 9.26. The molecule has 0 aliphatic carbocycles. The van der Waals surface area contributed by atoms with Gasteiger partial charge in [0.1, 0.15) is 16.7 Å². The largest absolute Gasteiger partial charge is 0.508 e. The Balaban J connectivity index is 1.97. The van der Waals surface area contributed by atoms with Crippen LogP contribution in [-0.2, 0) is 0 Å². The standard InChI is InChI=1S/C13H7N3O2S/c14-7-10-4-5-11(19-10)13-15-12(16-18-13)8-2-1-3-9(17)6-8/h1-6,17H. The second-order valence-electron chi connectivity index (χ2n) is 3.75. The normalized spacial score (nSPS) is 10.3. The van der Waals surface area contributed by atoms with Gasteiger partial charge in [-0.3, -0.25) is 0 Å². The van der Waals surface area contributed by atoms with Crippen LogP contribution < -0.4 is 0 Å². The molecule has 0 radical (unpaired) electrons. The van der Waals surface area contributed by atoms with Crippen molar-refractivity contribution in [3.05, 3.63) is 41.3 Å². The number of thiophene rings is 1. The highest BCUT2D eigenvalue weighted by atomic mass is 32.1. The number of benzene rings is 1. The molecule has 0 aliphatic heterocycles. The molecule has 3 rings (SSSR count). The molecule has 0 saturated carbocycles. The molecule has 0 saturated heterocycles. The number of hydrogen-bond acceptors (Lipinski definition) is 6. The fourth-order valence-electron chi connectivity index (χ4n) is 1.60. The molecule has 1 N–H and O–H groups in total. The molecule has 0 spiro atoms. The summed E-state index contributed by atoms with van der Waals surface area (Å²) in [6, 6.07) is 12.2. The first-order valence-corrected chi connectivity index (χ1v) is 6.21. The molecule has 5 nitrogen and oxygen atoms in total. The highest BCUT2D eigenvalue weighted by Gasteiger charge is 2.12. The second kappa shape index (κ2) is 4.55. The number of phenolic OH excluding ortho intramolecular Hbond substituents is 1. The van der Waals surface area contributed by atoms with E-state index in [9.17, 15) is 5.11 Å². The number of hydrogen-bond donors (Lipinski definition) is 1. The molecule has 0 fully saturated rings. The lowest BCUT2D eigenvalue weighted by Gasteiger charge is -1.94. The number of nitriles is 1. The summed E-state index contributed by atoms with van der Waals surface area (Å²) < 4.78 is 5.16.